The van der Waals surface area contributed by atoms with Gasteiger partial charge in [0.05, 0.1) is 16.6 Å². The Morgan fingerprint density at radius 3 is 2.37 bits per heavy atom. The van der Waals surface area contributed by atoms with Crippen molar-refractivity contribution in [3.8, 4) is 0 Å². The van der Waals surface area contributed by atoms with Crippen LogP contribution in [0, 0.1) is 0 Å². The summed E-state index contributed by atoms with van der Waals surface area (Å²) in [5.74, 6) is -0.522. The number of aromatic nitrogens is 1. The molecule has 2 aliphatic rings. The SMILES string of the molecule is O=C1c2ccccc2C(=O)N1CC(=O)N1CCc2cc3ccccc3nc21. The van der Waals surface area contributed by atoms with Crippen molar-refractivity contribution in [3.05, 3.63) is 71.3 Å². The number of carbonyl (C=O) groups is 3. The molecule has 0 saturated carbocycles. The van der Waals surface area contributed by atoms with E-state index >= 15 is 0 Å². The topological polar surface area (TPSA) is 70.6 Å². The first-order valence-corrected chi connectivity index (χ1v) is 8.78. The molecule has 0 unspecified atom stereocenters. The molecule has 132 valence electrons. The van der Waals surface area contributed by atoms with E-state index in [1.165, 1.54) is 0 Å². The van der Waals surface area contributed by atoms with Gasteiger partial charge in [-0.05, 0) is 36.2 Å². The van der Waals surface area contributed by atoms with Crippen LogP contribution in [0.25, 0.3) is 10.9 Å². The van der Waals surface area contributed by atoms with Crippen LogP contribution in [0.4, 0.5) is 5.82 Å². The summed E-state index contributed by atoms with van der Waals surface area (Å²) in [5, 5.41) is 1.03. The van der Waals surface area contributed by atoms with Crippen LogP contribution in [-0.4, -0.2) is 40.7 Å². The number of hydrogen-bond acceptors (Lipinski definition) is 4. The maximum Gasteiger partial charge on any atom is 0.262 e. The summed E-state index contributed by atoms with van der Waals surface area (Å²) in [7, 11) is 0. The fourth-order valence-corrected chi connectivity index (χ4v) is 3.75. The third kappa shape index (κ3) is 2.33. The van der Waals surface area contributed by atoms with Gasteiger partial charge >= 0.3 is 0 Å². The van der Waals surface area contributed by atoms with Gasteiger partial charge in [0, 0.05) is 11.9 Å². The van der Waals surface area contributed by atoms with E-state index in [0.29, 0.717) is 29.9 Å². The Morgan fingerprint density at radius 2 is 1.63 bits per heavy atom. The number of anilines is 1. The third-order valence-corrected chi connectivity index (χ3v) is 5.11. The zero-order valence-corrected chi connectivity index (χ0v) is 14.4. The molecule has 2 aromatic carbocycles. The lowest BCUT2D eigenvalue weighted by Gasteiger charge is -2.20. The van der Waals surface area contributed by atoms with Crippen LogP contribution < -0.4 is 4.90 Å². The predicted molar refractivity (Wildman–Crippen MR) is 99.6 cm³/mol. The van der Waals surface area contributed by atoms with Crippen LogP contribution >= 0.6 is 0 Å². The first-order chi connectivity index (χ1) is 13.1. The second-order valence-corrected chi connectivity index (χ2v) is 6.70. The molecular weight excluding hydrogens is 342 g/mol. The number of amides is 3. The largest absolute Gasteiger partial charge is 0.295 e. The molecule has 6 heteroatoms. The van der Waals surface area contributed by atoms with Crippen molar-refractivity contribution in [1.29, 1.82) is 0 Å². The highest BCUT2D eigenvalue weighted by atomic mass is 16.2. The predicted octanol–water partition coefficient (Wildman–Crippen LogP) is 2.42. The number of rotatable bonds is 2. The van der Waals surface area contributed by atoms with Gasteiger partial charge in [0.2, 0.25) is 5.91 Å². The standard InChI is InChI=1S/C21H15N3O3/c25-18(12-24-20(26)15-6-2-3-7-16(15)21(24)27)23-10-9-14-11-13-5-1-4-8-17(13)22-19(14)23/h1-8,11H,9-10,12H2. The molecule has 0 fully saturated rings. The molecule has 3 aromatic rings. The zero-order chi connectivity index (χ0) is 18.5. The van der Waals surface area contributed by atoms with Gasteiger partial charge in [-0.25, -0.2) is 4.98 Å². The van der Waals surface area contributed by atoms with E-state index in [1.807, 2.05) is 30.3 Å². The van der Waals surface area contributed by atoms with Crippen molar-refractivity contribution >= 4 is 34.4 Å². The first-order valence-electron chi connectivity index (χ1n) is 8.78. The third-order valence-electron chi connectivity index (χ3n) is 5.11. The molecule has 0 N–H and O–H groups in total. The fraction of sp³-hybridized carbons (Fsp3) is 0.143. The Hall–Kier alpha value is -3.54. The van der Waals surface area contributed by atoms with Crippen molar-refractivity contribution in [1.82, 2.24) is 9.88 Å². The number of nitrogens with zero attached hydrogens (tertiary/aromatic N) is 3. The van der Waals surface area contributed by atoms with Crippen LogP contribution in [-0.2, 0) is 11.2 Å². The summed E-state index contributed by atoms with van der Waals surface area (Å²) in [6.45, 7) is 0.223. The van der Waals surface area contributed by atoms with Crippen molar-refractivity contribution < 1.29 is 14.4 Å². The number of para-hydroxylation sites is 1. The van der Waals surface area contributed by atoms with Crippen LogP contribution in [0.3, 0.4) is 0 Å². The molecule has 0 spiro atoms. The van der Waals surface area contributed by atoms with Gasteiger partial charge in [0.1, 0.15) is 12.4 Å². The molecule has 27 heavy (non-hydrogen) atoms. The average molecular weight is 357 g/mol. The number of carbonyl (C=O) groups excluding carboxylic acids is 3. The second-order valence-electron chi connectivity index (χ2n) is 6.70. The van der Waals surface area contributed by atoms with E-state index < -0.39 is 11.8 Å². The molecule has 0 saturated heterocycles. The normalized spacial score (nSPS) is 15.4. The van der Waals surface area contributed by atoms with Gasteiger partial charge < -0.3 is 0 Å². The molecule has 1 aromatic heterocycles. The Labute approximate surface area is 155 Å². The Bertz CT molecular complexity index is 1100. The zero-order valence-electron chi connectivity index (χ0n) is 14.4. The summed E-state index contributed by atoms with van der Waals surface area (Å²) in [6.07, 6.45) is 0.709. The van der Waals surface area contributed by atoms with Crippen LogP contribution in [0.2, 0.25) is 0 Å². The molecule has 0 bridgehead atoms. The molecule has 0 atom stereocenters. The molecule has 2 aliphatic heterocycles. The van der Waals surface area contributed by atoms with Gasteiger partial charge in [-0.3, -0.25) is 24.2 Å². The molecule has 3 heterocycles. The smallest absolute Gasteiger partial charge is 0.262 e. The minimum atomic E-state index is -0.421. The summed E-state index contributed by atoms with van der Waals surface area (Å²) in [5.41, 5.74) is 2.52. The minimum Gasteiger partial charge on any atom is -0.295 e. The number of benzene rings is 2. The maximum absolute atomic E-state index is 12.9. The second kappa shape index (κ2) is 5.74. The first kappa shape index (κ1) is 15.7. The summed E-state index contributed by atoms with van der Waals surface area (Å²) >= 11 is 0. The highest BCUT2D eigenvalue weighted by Crippen LogP contribution is 2.30. The molecule has 3 amide bonds. The number of pyridine rings is 1. The monoisotopic (exact) mass is 357 g/mol. The fourth-order valence-electron chi connectivity index (χ4n) is 3.75. The maximum atomic E-state index is 12.9. The van der Waals surface area contributed by atoms with E-state index in [9.17, 15) is 14.4 Å². The van der Waals surface area contributed by atoms with Crippen LogP contribution in [0.5, 0.6) is 0 Å². The van der Waals surface area contributed by atoms with Crippen molar-refractivity contribution in [2.75, 3.05) is 18.0 Å². The lowest BCUT2D eigenvalue weighted by atomic mass is 10.1. The van der Waals surface area contributed by atoms with Gasteiger partial charge in [0.25, 0.3) is 11.8 Å². The summed E-state index contributed by atoms with van der Waals surface area (Å²) in [4.78, 5) is 45.1. The lowest BCUT2D eigenvalue weighted by Crippen LogP contribution is -2.42. The minimum absolute atomic E-state index is 0.277. The molecule has 0 aliphatic carbocycles. The average Bonchev–Trinajstić information content (AvgIpc) is 3.21. The molecular formula is C21H15N3O3. The van der Waals surface area contributed by atoms with Crippen LogP contribution in [0.15, 0.2) is 54.6 Å². The Morgan fingerprint density at radius 1 is 0.963 bits per heavy atom. The molecule has 6 nitrogen and oxygen atoms in total. The van der Waals surface area contributed by atoms with Crippen molar-refractivity contribution in [2.45, 2.75) is 6.42 Å². The Kier molecular flexibility index (Phi) is 3.33. The lowest BCUT2D eigenvalue weighted by molar-refractivity contribution is -0.118. The van der Waals surface area contributed by atoms with Crippen molar-refractivity contribution in [2.24, 2.45) is 0 Å². The number of hydrogen-bond donors (Lipinski definition) is 0. The Balaban J connectivity index is 1.43. The van der Waals surface area contributed by atoms with E-state index in [1.54, 1.807) is 29.2 Å². The van der Waals surface area contributed by atoms with E-state index in [-0.39, 0.29) is 12.5 Å². The molecule has 5 rings (SSSR count). The van der Waals surface area contributed by atoms with Gasteiger partial charge in [-0.2, -0.15) is 0 Å². The number of fused-ring (bicyclic) bond motifs is 3. The summed E-state index contributed by atoms with van der Waals surface area (Å²) < 4.78 is 0. The highest BCUT2D eigenvalue weighted by molar-refractivity contribution is 6.22. The van der Waals surface area contributed by atoms with E-state index in [4.69, 9.17) is 0 Å². The molecule has 0 radical (unpaired) electrons. The quantitative estimate of drug-likeness (QED) is 0.661. The van der Waals surface area contributed by atoms with E-state index in [2.05, 4.69) is 4.98 Å². The summed E-state index contributed by atoms with van der Waals surface area (Å²) in [6, 6.07) is 16.4. The van der Waals surface area contributed by atoms with Gasteiger partial charge in [0.15, 0.2) is 0 Å². The van der Waals surface area contributed by atoms with E-state index in [0.717, 1.165) is 21.4 Å². The number of imide groups is 1. The van der Waals surface area contributed by atoms with Gasteiger partial charge in [-0.1, -0.05) is 30.3 Å². The van der Waals surface area contributed by atoms with Crippen LogP contribution in [0.1, 0.15) is 26.3 Å². The van der Waals surface area contributed by atoms with Gasteiger partial charge in [-0.15, -0.1) is 0 Å². The van der Waals surface area contributed by atoms with Crippen molar-refractivity contribution in [3.63, 3.8) is 0 Å². The highest BCUT2D eigenvalue weighted by Gasteiger charge is 2.38.